The van der Waals surface area contributed by atoms with Crippen LogP contribution in [0, 0.1) is 0 Å². The van der Waals surface area contributed by atoms with Crippen LogP contribution in [0.5, 0.6) is 0 Å². The number of likely N-dealkylation sites (N-methyl/N-ethyl adjacent to an activating group) is 1. The second-order valence-corrected chi connectivity index (χ2v) is 5.78. The normalized spacial score (nSPS) is 20.7. The summed E-state index contributed by atoms with van der Waals surface area (Å²) in [6, 6.07) is 12.8. The molecule has 0 aliphatic carbocycles. The summed E-state index contributed by atoms with van der Waals surface area (Å²) in [5.74, 6) is -0.190. The van der Waals surface area contributed by atoms with Crippen molar-refractivity contribution in [3.63, 3.8) is 0 Å². The molecule has 0 spiro atoms. The maximum atomic E-state index is 12.7. The van der Waals surface area contributed by atoms with Crippen LogP contribution in [-0.2, 0) is 4.79 Å². The lowest BCUT2D eigenvalue weighted by atomic mass is 10.0. The van der Waals surface area contributed by atoms with Crippen molar-refractivity contribution in [2.24, 2.45) is 5.16 Å². The molecular formula is C17H12ClN3O2. The van der Waals surface area contributed by atoms with Gasteiger partial charge in [-0.3, -0.25) is 4.79 Å². The van der Waals surface area contributed by atoms with E-state index in [9.17, 15) is 10.0 Å². The van der Waals surface area contributed by atoms with Crippen molar-refractivity contribution < 1.29 is 10.0 Å². The fourth-order valence-corrected chi connectivity index (χ4v) is 3.40. The maximum absolute atomic E-state index is 12.7. The molecule has 0 aromatic heterocycles. The van der Waals surface area contributed by atoms with Gasteiger partial charge in [0.25, 0.3) is 5.91 Å². The monoisotopic (exact) mass is 325 g/mol. The SMILES string of the molecule is CN1C(=O)/C(=C2\Nc3ccccc3\C2=N\O)c2cccc(Cl)c21. The number of fused-ring (bicyclic) bond motifs is 2. The molecule has 114 valence electrons. The summed E-state index contributed by atoms with van der Waals surface area (Å²) in [5.41, 5.74) is 4.24. The zero-order chi connectivity index (χ0) is 16.1. The van der Waals surface area contributed by atoms with Gasteiger partial charge >= 0.3 is 0 Å². The van der Waals surface area contributed by atoms with E-state index < -0.39 is 0 Å². The van der Waals surface area contributed by atoms with Crippen LogP contribution in [0.4, 0.5) is 11.4 Å². The van der Waals surface area contributed by atoms with E-state index in [2.05, 4.69) is 10.5 Å². The van der Waals surface area contributed by atoms with E-state index >= 15 is 0 Å². The van der Waals surface area contributed by atoms with E-state index in [1.807, 2.05) is 30.3 Å². The van der Waals surface area contributed by atoms with Crippen LogP contribution < -0.4 is 10.2 Å². The van der Waals surface area contributed by atoms with E-state index in [4.69, 9.17) is 11.6 Å². The van der Waals surface area contributed by atoms with Gasteiger partial charge in [0.2, 0.25) is 0 Å². The highest BCUT2D eigenvalue weighted by Gasteiger charge is 2.37. The van der Waals surface area contributed by atoms with Gasteiger partial charge in [-0.05, 0) is 12.1 Å². The van der Waals surface area contributed by atoms with E-state index in [1.165, 1.54) is 4.90 Å². The van der Waals surface area contributed by atoms with Gasteiger partial charge in [0, 0.05) is 23.9 Å². The predicted molar refractivity (Wildman–Crippen MR) is 90.2 cm³/mol. The Morgan fingerprint density at radius 2 is 1.87 bits per heavy atom. The molecule has 0 unspecified atom stereocenters. The molecular weight excluding hydrogens is 314 g/mol. The molecule has 1 amide bonds. The van der Waals surface area contributed by atoms with Gasteiger partial charge in [0.05, 0.1) is 22.0 Å². The minimum Gasteiger partial charge on any atom is -0.410 e. The number of anilines is 2. The number of halogens is 1. The largest absolute Gasteiger partial charge is 0.410 e. The first kappa shape index (κ1) is 13.8. The average molecular weight is 326 g/mol. The van der Waals surface area contributed by atoms with Crippen LogP contribution in [0.15, 0.2) is 53.3 Å². The molecule has 2 aromatic rings. The fourth-order valence-electron chi connectivity index (χ4n) is 3.10. The molecule has 0 bridgehead atoms. The minimum absolute atomic E-state index is 0.190. The van der Waals surface area contributed by atoms with Crippen molar-refractivity contribution in [3.05, 3.63) is 64.3 Å². The van der Waals surface area contributed by atoms with Gasteiger partial charge < -0.3 is 15.4 Å². The Morgan fingerprint density at radius 1 is 1.13 bits per heavy atom. The summed E-state index contributed by atoms with van der Waals surface area (Å²) < 4.78 is 0. The van der Waals surface area contributed by atoms with Crippen molar-refractivity contribution in [1.29, 1.82) is 0 Å². The molecule has 0 saturated heterocycles. The second kappa shape index (κ2) is 4.86. The summed E-state index contributed by atoms with van der Waals surface area (Å²) in [5, 5.41) is 16.6. The number of benzene rings is 2. The van der Waals surface area contributed by atoms with Gasteiger partial charge in [-0.15, -0.1) is 0 Å². The van der Waals surface area contributed by atoms with Crippen molar-refractivity contribution in [2.45, 2.75) is 0 Å². The standard InChI is InChI=1S/C17H12ClN3O2/c1-21-16-10(6-4-7-11(16)18)13(17(21)22)15-14(20-23)9-5-2-3-8-12(9)19-15/h2-8,19,23H,1H3/b15-13-,20-14-. The third-order valence-electron chi connectivity index (χ3n) is 4.14. The number of hydrogen-bond acceptors (Lipinski definition) is 4. The summed E-state index contributed by atoms with van der Waals surface area (Å²) in [7, 11) is 1.68. The van der Waals surface area contributed by atoms with Crippen molar-refractivity contribution in [1.82, 2.24) is 0 Å². The highest BCUT2D eigenvalue weighted by atomic mass is 35.5. The molecule has 2 heterocycles. The number of para-hydroxylation sites is 2. The Bertz CT molecular complexity index is 918. The summed E-state index contributed by atoms with van der Waals surface area (Å²) in [4.78, 5) is 14.3. The minimum atomic E-state index is -0.190. The molecule has 2 N–H and O–H groups in total. The molecule has 2 aliphatic rings. The predicted octanol–water partition coefficient (Wildman–Crippen LogP) is 3.33. The first-order valence-electron chi connectivity index (χ1n) is 7.03. The highest BCUT2D eigenvalue weighted by Crippen LogP contribution is 2.44. The Labute approximate surface area is 137 Å². The summed E-state index contributed by atoms with van der Waals surface area (Å²) >= 11 is 6.24. The Hall–Kier alpha value is -2.79. The Morgan fingerprint density at radius 3 is 2.65 bits per heavy atom. The number of oxime groups is 1. The third-order valence-corrected chi connectivity index (χ3v) is 4.44. The second-order valence-electron chi connectivity index (χ2n) is 5.37. The summed E-state index contributed by atoms with van der Waals surface area (Å²) in [6.07, 6.45) is 0. The Balaban J connectivity index is 2.01. The summed E-state index contributed by atoms with van der Waals surface area (Å²) in [6.45, 7) is 0. The van der Waals surface area contributed by atoms with Crippen molar-refractivity contribution in [2.75, 3.05) is 17.3 Å². The lowest BCUT2D eigenvalue weighted by Gasteiger charge is -2.10. The van der Waals surface area contributed by atoms with Crippen molar-refractivity contribution >= 4 is 40.2 Å². The molecule has 0 atom stereocenters. The first-order valence-corrected chi connectivity index (χ1v) is 7.41. The Kier molecular flexibility index (Phi) is 2.92. The first-order chi connectivity index (χ1) is 11.1. The molecule has 6 heteroatoms. The topological polar surface area (TPSA) is 64.9 Å². The highest BCUT2D eigenvalue weighted by molar-refractivity contribution is 6.43. The van der Waals surface area contributed by atoms with Crippen LogP contribution in [0.3, 0.4) is 0 Å². The van der Waals surface area contributed by atoms with Gasteiger partial charge in [-0.2, -0.15) is 0 Å². The number of nitrogens with zero attached hydrogens (tertiary/aromatic N) is 2. The van der Waals surface area contributed by atoms with E-state index in [-0.39, 0.29) is 5.91 Å². The van der Waals surface area contributed by atoms with Gasteiger partial charge in [-0.25, -0.2) is 0 Å². The number of carbonyl (C=O) groups is 1. The van der Waals surface area contributed by atoms with Crippen LogP contribution >= 0.6 is 11.6 Å². The number of allylic oxidation sites excluding steroid dienone is 1. The molecule has 0 radical (unpaired) electrons. The van der Waals surface area contributed by atoms with E-state index in [0.717, 1.165) is 16.8 Å². The van der Waals surface area contributed by atoms with Crippen LogP contribution in [0.2, 0.25) is 5.02 Å². The number of rotatable bonds is 0. The number of amides is 1. The van der Waals surface area contributed by atoms with Gasteiger partial charge in [0.15, 0.2) is 0 Å². The zero-order valence-electron chi connectivity index (χ0n) is 12.2. The van der Waals surface area contributed by atoms with Crippen molar-refractivity contribution in [3.8, 4) is 0 Å². The molecule has 23 heavy (non-hydrogen) atoms. The zero-order valence-corrected chi connectivity index (χ0v) is 12.9. The lowest BCUT2D eigenvalue weighted by molar-refractivity contribution is -0.112. The number of nitrogens with one attached hydrogen (secondary N) is 1. The van der Waals surface area contributed by atoms with E-state index in [1.54, 1.807) is 19.2 Å². The molecule has 0 saturated carbocycles. The maximum Gasteiger partial charge on any atom is 0.260 e. The average Bonchev–Trinajstić information content (AvgIpc) is 3.04. The fraction of sp³-hybridized carbons (Fsp3) is 0.0588. The van der Waals surface area contributed by atoms with Gasteiger partial charge in [0.1, 0.15) is 5.71 Å². The van der Waals surface area contributed by atoms with Crippen LogP contribution in [-0.4, -0.2) is 23.9 Å². The van der Waals surface area contributed by atoms with Crippen LogP contribution in [0.1, 0.15) is 11.1 Å². The van der Waals surface area contributed by atoms with Gasteiger partial charge in [-0.1, -0.05) is 47.1 Å². The molecule has 2 aliphatic heterocycles. The quantitative estimate of drug-likeness (QED) is 0.443. The molecule has 2 aromatic carbocycles. The number of hydrogen-bond donors (Lipinski definition) is 2. The smallest absolute Gasteiger partial charge is 0.260 e. The number of carbonyl (C=O) groups excluding carboxylic acids is 1. The molecule has 5 nitrogen and oxygen atoms in total. The van der Waals surface area contributed by atoms with E-state index in [0.29, 0.717) is 27.7 Å². The van der Waals surface area contributed by atoms with Crippen LogP contribution in [0.25, 0.3) is 5.57 Å². The molecule has 0 fully saturated rings. The third kappa shape index (κ3) is 1.80. The lowest BCUT2D eigenvalue weighted by Crippen LogP contribution is -2.22. The molecule has 4 rings (SSSR count).